The Kier molecular flexibility index (Phi) is 4.98. The van der Waals surface area contributed by atoms with E-state index in [1.807, 2.05) is 6.07 Å². The van der Waals surface area contributed by atoms with Crippen molar-refractivity contribution in [1.29, 1.82) is 0 Å². The van der Waals surface area contributed by atoms with Crippen molar-refractivity contribution >= 4 is 21.8 Å². The molecular formula is C16H20FN3O2S2. The van der Waals surface area contributed by atoms with Crippen LogP contribution in [0.2, 0.25) is 0 Å². The fourth-order valence-electron chi connectivity index (χ4n) is 2.76. The number of imidazole rings is 1. The van der Waals surface area contributed by atoms with Crippen molar-refractivity contribution in [3.63, 3.8) is 0 Å². The highest BCUT2D eigenvalue weighted by atomic mass is 32.2. The van der Waals surface area contributed by atoms with Crippen molar-refractivity contribution in [2.24, 2.45) is 7.05 Å². The zero-order valence-corrected chi connectivity index (χ0v) is 15.3. The van der Waals surface area contributed by atoms with E-state index in [9.17, 15) is 12.8 Å². The van der Waals surface area contributed by atoms with Gasteiger partial charge in [-0.1, -0.05) is 18.2 Å². The number of hydrogen-bond donors (Lipinski definition) is 0. The van der Waals surface area contributed by atoms with Crippen LogP contribution in [0.5, 0.6) is 0 Å². The first-order valence-corrected chi connectivity index (χ1v) is 10.2. The van der Waals surface area contributed by atoms with Crippen LogP contribution in [0.15, 0.2) is 35.5 Å². The van der Waals surface area contributed by atoms with E-state index in [1.54, 1.807) is 42.4 Å². The van der Waals surface area contributed by atoms with Crippen molar-refractivity contribution in [1.82, 2.24) is 13.9 Å². The molecule has 1 aliphatic rings. The van der Waals surface area contributed by atoms with Gasteiger partial charge >= 0.3 is 0 Å². The molecule has 0 spiro atoms. The highest BCUT2D eigenvalue weighted by Crippen LogP contribution is 2.36. The summed E-state index contributed by atoms with van der Waals surface area (Å²) in [7, 11) is -1.84. The molecule has 3 rings (SSSR count). The van der Waals surface area contributed by atoms with Gasteiger partial charge in [-0.15, -0.1) is 0 Å². The van der Waals surface area contributed by atoms with Gasteiger partial charge in [0.25, 0.3) is 10.0 Å². The van der Waals surface area contributed by atoms with Crippen molar-refractivity contribution in [3.05, 3.63) is 47.7 Å². The van der Waals surface area contributed by atoms with Gasteiger partial charge in [-0.3, -0.25) is 0 Å². The van der Waals surface area contributed by atoms with Gasteiger partial charge in [0.15, 0.2) is 5.03 Å². The number of nitrogens with zero attached hydrogens (tertiary/aromatic N) is 3. The number of aromatic nitrogens is 2. The fraction of sp³-hybridized carbons (Fsp3) is 0.438. The van der Waals surface area contributed by atoms with Gasteiger partial charge in [0.05, 0.1) is 0 Å². The molecule has 2 heterocycles. The summed E-state index contributed by atoms with van der Waals surface area (Å²) < 4.78 is 42.7. The fourth-order valence-corrected chi connectivity index (χ4v) is 5.61. The minimum Gasteiger partial charge on any atom is -0.337 e. The topological polar surface area (TPSA) is 55.2 Å². The van der Waals surface area contributed by atoms with Crippen LogP contribution in [0.4, 0.5) is 4.39 Å². The van der Waals surface area contributed by atoms with Crippen LogP contribution in [0.1, 0.15) is 23.1 Å². The van der Waals surface area contributed by atoms with Gasteiger partial charge in [-0.05, 0) is 19.4 Å². The molecule has 8 heteroatoms. The van der Waals surface area contributed by atoms with Crippen LogP contribution < -0.4 is 0 Å². The number of sulfonamides is 1. The Morgan fingerprint density at radius 3 is 2.71 bits per heavy atom. The van der Waals surface area contributed by atoms with Crippen LogP contribution in [0.3, 0.4) is 0 Å². The molecule has 2 aromatic rings. The third-order valence-electron chi connectivity index (χ3n) is 4.24. The zero-order valence-electron chi connectivity index (χ0n) is 13.6. The van der Waals surface area contributed by atoms with Crippen LogP contribution >= 0.6 is 11.8 Å². The molecule has 24 heavy (non-hydrogen) atoms. The third kappa shape index (κ3) is 3.36. The quantitative estimate of drug-likeness (QED) is 0.835. The molecule has 1 unspecified atom stereocenters. The number of halogens is 1. The molecule has 0 saturated carbocycles. The lowest BCUT2D eigenvalue weighted by Gasteiger charge is -2.18. The monoisotopic (exact) mass is 369 g/mol. The summed E-state index contributed by atoms with van der Waals surface area (Å²) in [4.78, 5) is 4.15. The molecule has 0 amide bonds. The van der Waals surface area contributed by atoms with Crippen LogP contribution in [-0.4, -0.2) is 41.1 Å². The summed E-state index contributed by atoms with van der Waals surface area (Å²) in [6.07, 6.45) is 2.12. The maximum absolute atomic E-state index is 14.0. The average molecular weight is 369 g/mol. The summed E-state index contributed by atoms with van der Waals surface area (Å²) in [5.41, 5.74) is 0.649. The van der Waals surface area contributed by atoms with E-state index in [2.05, 4.69) is 4.98 Å². The Hall–Kier alpha value is -1.38. The number of rotatable bonds is 3. The minimum atomic E-state index is -3.61. The Labute approximate surface area is 145 Å². The maximum Gasteiger partial charge on any atom is 0.262 e. The molecule has 5 nitrogen and oxygen atoms in total. The van der Waals surface area contributed by atoms with Gasteiger partial charge in [-0.2, -0.15) is 16.1 Å². The molecule has 0 aliphatic carbocycles. The van der Waals surface area contributed by atoms with E-state index in [1.165, 1.54) is 16.6 Å². The Bertz CT molecular complexity index is 816. The number of aryl methyl sites for hydroxylation is 2. The van der Waals surface area contributed by atoms with E-state index in [-0.39, 0.29) is 16.1 Å². The molecule has 1 aliphatic heterocycles. The van der Waals surface area contributed by atoms with Crippen molar-refractivity contribution in [2.75, 3.05) is 18.8 Å². The standard InChI is InChI=1S/C16H20FN3O2S2/c1-12-18-16(11-19(12)2)24(21,22)20-8-7-15(23-10-9-20)13-5-3-4-6-14(13)17/h3-6,11,15H,7-10H2,1-2H3. The van der Waals surface area contributed by atoms with Crippen molar-refractivity contribution in [3.8, 4) is 0 Å². The summed E-state index contributed by atoms with van der Waals surface area (Å²) in [6.45, 7) is 2.54. The summed E-state index contributed by atoms with van der Waals surface area (Å²) in [5, 5.41) is 0.0497. The second-order valence-electron chi connectivity index (χ2n) is 5.81. The first kappa shape index (κ1) is 17.4. The lowest BCUT2D eigenvalue weighted by atomic mass is 10.1. The molecular weight excluding hydrogens is 349 g/mol. The van der Waals surface area contributed by atoms with Gasteiger partial charge < -0.3 is 4.57 Å². The lowest BCUT2D eigenvalue weighted by molar-refractivity contribution is 0.425. The number of benzene rings is 1. The lowest BCUT2D eigenvalue weighted by Crippen LogP contribution is -2.33. The van der Waals surface area contributed by atoms with Crippen LogP contribution in [0.25, 0.3) is 0 Å². The smallest absolute Gasteiger partial charge is 0.262 e. The Morgan fingerprint density at radius 2 is 2.04 bits per heavy atom. The van der Waals surface area contributed by atoms with E-state index < -0.39 is 10.0 Å². The maximum atomic E-state index is 14.0. The molecule has 1 fully saturated rings. The van der Waals surface area contributed by atoms with E-state index in [0.717, 1.165) is 0 Å². The third-order valence-corrected chi connectivity index (χ3v) is 7.32. The van der Waals surface area contributed by atoms with Gasteiger partial charge in [0.2, 0.25) is 0 Å². The van der Waals surface area contributed by atoms with Crippen molar-refractivity contribution < 1.29 is 12.8 Å². The zero-order chi connectivity index (χ0) is 17.3. The van der Waals surface area contributed by atoms with Gasteiger partial charge in [0, 0.05) is 42.9 Å². The van der Waals surface area contributed by atoms with E-state index in [4.69, 9.17) is 0 Å². The SMILES string of the molecule is Cc1nc(S(=O)(=O)N2CCSC(c3ccccc3F)CC2)cn1C. The van der Waals surface area contributed by atoms with Gasteiger partial charge in [-0.25, -0.2) is 17.8 Å². The van der Waals surface area contributed by atoms with E-state index in [0.29, 0.717) is 36.7 Å². The predicted molar refractivity (Wildman–Crippen MR) is 92.9 cm³/mol. The molecule has 130 valence electrons. The molecule has 1 aromatic carbocycles. The Balaban J connectivity index is 1.79. The van der Waals surface area contributed by atoms with Crippen LogP contribution in [-0.2, 0) is 17.1 Å². The highest BCUT2D eigenvalue weighted by Gasteiger charge is 2.30. The molecule has 0 radical (unpaired) electrons. The molecule has 1 aromatic heterocycles. The average Bonchev–Trinajstić information content (AvgIpc) is 2.77. The molecule has 0 N–H and O–H groups in total. The van der Waals surface area contributed by atoms with E-state index >= 15 is 0 Å². The van der Waals surface area contributed by atoms with Crippen LogP contribution in [0, 0.1) is 12.7 Å². The summed E-state index contributed by atoms with van der Waals surface area (Å²) >= 11 is 1.60. The second-order valence-corrected chi connectivity index (χ2v) is 9.01. The normalized spacial score (nSPS) is 20.0. The van der Waals surface area contributed by atoms with Crippen molar-refractivity contribution in [2.45, 2.75) is 23.6 Å². The molecule has 1 saturated heterocycles. The predicted octanol–water partition coefficient (Wildman–Crippen LogP) is 2.74. The molecule has 0 bridgehead atoms. The number of hydrogen-bond acceptors (Lipinski definition) is 4. The second kappa shape index (κ2) is 6.85. The first-order valence-electron chi connectivity index (χ1n) is 7.76. The summed E-state index contributed by atoms with van der Waals surface area (Å²) in [6, 6.07) is 6.71. The highest BCUT2D eigenvalue weighted by molar-refractivity contribution is 7.99. The summed E-state index contributed by atoms with van der Waals surface area (Å²) in [5.74, 6) is 1.05. The molecule has 1 atom stereocenters. The van der Waals surface area contributed by atoms with Gasteiger partial charge in [0.1, 0.15) is 11.6 Å². The first-order chi connectivity index (χ1) is 11.4. The minimum absolute atomic E-state index is 0.0307. The number of thioether (sulfide) groups is 1. The largest absolute Gasteiger partial charge is 0.337 e. The Morgan fingerprint density at radius 1 is 1.29 bits per heavy atom.